The number of para-hydroxylation sites is 1. The predicted molar refractivity (Wildman–Crippen MR) is 131 cm³/mol. The number of imidazole rings is 1. The zero-order valence-corrected chi connectivity index (χ0v) is 19.6. The number of benzene rings is 1. The number of amides is 1. The summed E-state index contributed by atoms with van der Waals surface area (Å²) in [6.07, 6.45) is 9.55. The molecular formula is C26H37N5O. The van der Waals surface area contributed by atoms with Gasteiger partial charge >= 0.3 is 0 Å². The molecule has 0 saturated heterocycles. The Balaban J connectivity index is 1.44. The maximum atomic E-state index is 12.5. The maximum Gasteiger partial charge on any atom is 0.223 e. The van der Waals surface area contributed by atoms with Crippen molar-refractivity contribution in [3.63, 3.8) is 0 Å². The van der Waals surface area contributed by atoms with Crippen molar-refractivity contribution in [2.75, 3.05) is 12.3 Å². The number of carbonyl (C=O) groups is 1. The lowest BCUT2D eigenvalue weighted by Gasteiger charge is -2.25. The Morgan fingerprint density at radius 3 is 2.69 bits per heavy atom. The Bertz CT molecular complexity index is 1060. The number of nitrogen functional groups attached to an aromatic ring is 1. The van der Waals surface area contributed by atoms with Crippen LogP contribution in [-0.4, -0.2) is 27.0 Å². The number of anilines is 1. The minimum atomic E-state index is 0.214. The molecule has 6 nitrogen and oxygen atoms in total. The number of aryl methyl sites for hydroxylation is 2. The van der Waals surface area contributed by atoms with Crippen LogP contribution >= 0.6 is 0 Å². The molecule has 0 radical (unpaired) electrons. The van der Waals surface area contributed by atoms with Crippen molar-refractivity contribution in [2.45, 2.75) is 78.2 Å². The third-order valence-electron chi connectivity index (χ3n) is 6.94. The van der Waals surface area contributed by atoms with E-state index in [-0.39, 0.29) is 11.8 Å². The number of rotatable bonds is 9. The van der Waals surface area contributed by atoms with E-state index in [1.54, 1.807) is 0 Å². The number of carbonyl (C=O) groups excluding carboxylic acids is 1. The highest BCUT2D eigenvalue weighted by Crippen LogP contribution is 2.30. The first-order valence-corrected chi connectivity index (χ1v) is 12.4. The summed E-state index contributed by atoms with van der Waals surface area (Å²) in [4.78, 5) is 22.0. The first-order valence-electron chi connectivity index (χ1n) is 12.4. The van der Waals surface area contributed by atoms with E-state index in [0.717, 1.165) is 91.7 Å². The molecule has 1 fully saturated rings. The summed E-state index contributed by atoms with van der Waals surface area (Å²) < 4.78 is 2.34. The lowest BCUT2D eigenvalue weighted by molar-refractivity contribution is -0.126. The van der Waals surface area contributed by atoms with Crippen molar-refractivity contribution in [2.24, 2.45) is 11.8 Å². The summed E-state index contributed by atoms with van der Waals surface area (Å²) in [5, 5.41) is 4.28. The van der Waals surface area contributed by atoms with Crippen molar-refractivity contribution < 1.29 is 4.79 Å². The van der Waals surface area contributed by atoms with E-state index in [2.05, 4.69) is 34.8 Å². The fourth-order valence-electron chi connectivity index (χ4n) is 4.94. The monoisotopic (exact) mass is 435 g/mol. The van der Waals surface area contributed by atoms with Gasteiger partial charge in [0.25, 0.3) is 0 Å². The third-order valence-corrected chi connectivity index (χ3v) is 6.94. The second-order valence-electron chi connectivity index (χ2n) is 9.45. The van der Waals surface area contributed by atoms with Gasteiger partial charge in [-0.3, -0.25) is 4.79 Å². The highest BCUT2D eigenvalue weighted by Gasteiger charge is 2.24. The van der Waals surface area contributed by atoms with E-state index in [0.29, 0.717) is 5.82 Å². The molecule has 3 N–H and O–H groups in total. The second-order valence-corrected chi connectivity index (χ2v) is 9.45. The summed E-state index contributed by atoms with van der Waals surface area (Å²) in [5.74, 6) is 2.83. The number of hydrogen-bond acceptors (Lipinski definition) is 4. The van der Waals surface area contributed by atoms with Crippen molar-refractivity contribution in [1.82, 2.24) is 19.9 Å². The van der Waals surface area contributed by atoms with Gasteiger partial charge in [-0.25, -0.2) is 9.97 Å². The average molecular weight is 436 g/mol. The molecule has 1 aliphatic rings. The number of hydrogen-bond donors (Lipinski definition) is 2. The van der Waals surface area contributed by atoms with E-state index in [1.165, 1.54) is 12.8 Å². The quantitative estimate of drug-likeness (QED) is 0.451. The van der Waals surface area contributed by atoms with E-state index in [1.807, 2.05) is 18.2 Å². The van der Waals surface area contributed by atoms with Gasteiger partial charge < -0.3 is 15.6 Å². The number of fused-ring (bicyclic) bond motifs is 3. The van der Waals surface area contributed by atoms with Gasteiger partial charge in [0.2, 0.25) is 5.91 Å². The van der Waals surface area contributed by atoms with Crippen molar-refractivity contribution >= 4 is 33.7 Å². The van der Waals surface area contributed by atoms with Crippen LogP contribution in [0.3, 0.4) is 0 Å². The summed E-state index contributed by atoms with van der Waals surface area (Å²) in [6.45, 7) is 6.11. The molecule has 1 aliphatic carbocycles. The van der Waals surface area contributed by atoms with Gasteiger partial charge in [0.05, 0.1) is 11.0 Å². The molecule has 0 aliphatic heterocycles. The molecular weight excluding hydrogens is 398 g/mol. The Labute approximate surface area is 191 Å². The van der Waals surface area contributed by atoms with Crippen LogP contribution in [0.5, 0.6) is 0 Å². The summed E-state index contributed by atoms with van der Waals surface area (Å²) >= 11 is 0. The van der Waals surface area contributed by atoms with Crippen molar-refractivity contribution in [3.05, 3.63) is 30.1 Å². The molecule has 2 aromatic heterocycles. The Hall–Kier alpha value is -2.63. The first kappa shape index (κ1) is 22.6. The average Bonchev–Trinajstić information content (AvgIpc) is 3.17. The molecule has 6 heteroatoms. The Morgan fingerprint density at radius 1 is 1.12 bits per heavy atom. The molecule has 0 bridgehead atoms. The molecule has 2 heterocycles. The standard InChI is InChI=1S/C26H37N5O/c1-3-4-11-22-30-23-24(20-9-5-6-10-21(20)29-25(23)27)31(22)17-8-7-16-28-26(32)19-14-12-18(2)13-15-19/h5-6,9-10,18-19H,3-4,7-8,11-17H2,1-2H3,(H2,27,29)(H,28,32). The van der Waals surface area contributed by atoms with Gasteiger partial charge in [0, 0.05) is 30.8 Å². The fraction of sp³-hybridized carbons (Fsp3) is 0.577. The summed E-state index contributed by atoms with van der Waals surface area (Å²) in [7, 11) is 0. The fourth-order valence-corrected chi connectivity index (χ4v) is 4.94. The van der Waals surface area contributed by atoms with E-state index in [4.69, 9.17) is 10.7 Å². The second kappa shape index (κ2) is 10.3. The van der Waals surface area contributed by atoms with Gasteiger partial charge in [-0.15, -0.1) is 0 Å². The number of pyridine rings is 1. The molecule has 1 amide bonds. The van der Waals surface area contributed by atoms with Crippen LogP contribution in [0.25, 0.3) is 21.9 Å². The minimum Gasteiger partial charge on any atom is -0.382 e. The van der Waals surface area contributed by atoms with Crippen LogP contribution in [0.2, 0.25) is 0 Å². The Kier molecular flexibility index (Phi) is 7.28. The molecule has 172 valence electrons. The van der Waals surface area contributed by atoms with Crippen LogP contribution in [0.1, 0.15) is 71.0 Å². The molecule has 3 aromatic rings. The van der Waals surface area contributed by atoms with Crippen LogP contribution in [-0.2, 0) is 17.8 Å². The first-order chi connectivity index (χ1) is 15.6. The molecule has 0 atom stereocenters. The Morgan fingerprint density at radius 2 is 1.91 bits per heavy atom. The highest BCUT2D eigenvalue weighted by atomic mass is 16.1. The van der Waals surface area contributed by atoms with Crippen LogP contribution in [0.15, 0.2) is 24.3 Å². The summed E-state index contributed by atoms with van der Waals surface area (Å²) in [6, 6.07) is 8.16. The molecule has 4 rings (SSSR count). The van der Waals surface area contributed by atoms with E-state index < -0.39 is 0 Å². The zero-order valence-electron chi connectivity index (χ0n) is 19.6. The van der Waals surface area contributed by atoms with Crippen molar-refractivity contribution in [1.29, 1.82) is 0 Å². The summed E-state index contributed by atoms with van der Waals surface area (Å²) in [5.41, 5.74) is 9.11. The number of unbranched alkanes of at least 4 members (excludes halogenated alkanes) is 2. The number of nitrogens with two attached hydrogens (primary N) is 1. The SMILES string of the molecule is CCCCc1nc2c(N)nc3ccccc3c2n1CCCCNC(=O)C1CCC(C)CC1. The van der Waals surface area contributed by atoms with Gasteiger partial charge in [0.15, 0.2) is 5.82 Å². The predicted octanol–water partition coefficient (Wildman–Crippen LogP) is 5.23. The molecule has 32 heavy (non-hydrogen) atoms. The normalized spacial score (nSPS) is 18.9. The van der Waals surface area contributed by atoms with Crippen LogP contribution < -0.4 is 11.1 Å². The zero-order chi connectivity index (χ0) is 22.5. The molecule has 1 saturated carbocycles. The van der Waals surface area contributed by atoms with Gasteiger partial charge in [-0.1, -0.05) is 38.5 Å². The topological polar surface area (TPSA) is 85.8 Å². The number of aromatic nitrogens is 3. The largest absolute Gasteiger partial charge is 0.382 e. The number of nitrogens with one attached hydrogen (secondary N) is 1. The van der Waals surface area contributed by atoms with Gasteiger partial charge in [-0.2, -0.15) is 0 Å². The number of nitrogens with zero attached hydrogens (tertiary/aromatic N) is 3. The smallest absolute Gasteiger partial charge is 0.223 e. The van der Waals surface area contributed by atoms with E-state index >= 15 is 0 Å². The van der Waals surface area contributed by atoms with E-state index in [9.17, 15) is 4.79 Å². The van der Waals surface area contributed by atoms with Gasteiger partial charge in [0.1, 0.15) is 11.3 Å². The minimum absolute atomic E-state index is 0.214. The third kappa shape index (κ3) is 4.89. The van der Waals surface area contributed by atoms with Gasteiger partial charge in [-0.05, 0) is 56.9 Å². The van der Waals surface area contributed by atoms with Crippen LogP contribution in [0, 0.1) is 11.8 Å². The highest BCUT2D eigenvalue weighted by molar-refractivity contribution is 6.06. The molecule has 0 unspecified atom stereocenters. The molecule has 0 spiro atoms. The van der Waals surface area contributed by atoms with Crippen molar-refractivity contribution in [3.8, 4) is 0 Å². The lowest BCUT2D eigenvalue weighted by Crippen LogP contribution is -2.33. The maximum absolute atomic E-state index is 12.5. The molecule has 1 aromatic carbocycles. The van der Waals surface area contributed by atoms with Crippen LogP contribution in [0.4, 0.5) is 5.82 Å². The lowest BCUT2D eigenvalue weighted by atomic mass is 9.82.